The molecule has 0 fully saturated rings. The maximum Gasteiger partial charge on any atom is 0.255 e. The smallest absolute Gasteiger partial charge is 0.255 e. The number of fused-ring (bicyclic) bond motifs is 1. The fourth-order valence-corrected chi connectivity index (χ4v) is 2.59. The fourth-order valence-electron chi connectivity index (χ4n) is 2.59. The molecule has 6 heteroatoms. The molecular weight excluding hydrogens is 306 g/mol. The van der Waals surface area contributed by atoms with Crippen molar-refractivity contribution in [3.8, 4) is 11.5 Å². The van der Waals surface area contributed by atoms with Gasteiger partial charge in [-0.25, -0.2) is 4.98 Å². The maximum atomic E-state index is 12.4. The molecule has 0 spiro atoms. The van der Waals surface area contributed by atoms with E-state index in [1.807, 2.05) is 41.1 Å². The zero-order valence-electron chi connectivity index (χ0n) is 13.7. The van der Waals surface area contributed by atoms with E-state index >= 15 is 0 Å². The first kappa shape index (κ1) is 15.9. The highest BCUT2D eigenvalue weighted by Crippen LogP contribution is 2.24. The van der Waals surface area contributed by atoms with Crippen molar-refractivity contribution in [1.82, 2.24) is 14.7 Å². The number of amides is 1. The van der Waals surface area contributed by atoms with Crippen molar-refractivity contribution in [2.45, 2.75) is 6.42 Å². The third-order valence-corrected chi connectivity index (χ3v) is 3.84. The summed E-state index contributed by atoms with van der Waals surface area (Å²) in [6.45, 7) is 0.503. The zero-order valence-corrected chi connectivity index (χ0v) is 13.7. The summed E-state index contributed by atoms with van der Waals surface area (Å²) in [7, 11) is 3.24. The topological polar surface area (TPSA) is 64.9 Å². The molecule has 124 valence electrons. The molecule has 0 atom stereocenters. The molecule has 1 N–H and O–H groups in total. The number of hydrogen-bond acceptors (Lipinski definition) is 4. The van der Waals surface area contributed by atoms with Gasteiger partial charge in [-0.3, -0.25) is 4.79 Å². The first-order chi connectivity index (χ1) is 11.7. The second kappa shape index (κ2) is 7.04. The average Bonchev–Trinajstić information content (AvgIpc) is 3.10. The van der Waals surface area contributed by atoms with Crippen LogP contribution in [0.15, 0.2) is 48.9 Å². The number of ether oxygens (including phenoxy) is 2. The molecule has 0 saturated heterocycles. The summed E-state index contributed by atoms with van der Waals surface area (Å²) in [6, 6.07) is 9.26. The Morgan fingerprint density at radius 2 is 2.08 bits per heavy atom. The van der Waals surface area contributed by atoms with Crippen LogP contribution >= 0.6 is 0 Å². The summed E-state index contributed by atoms with van der Waals surface area (Å²) in [5.74, 6) is 1.35. The molecular formula is C18H19N3O3. The Morgan fingerprint density at radius 3 is 2.88 bits per heavy atom. The first-order valence-electron chi connectivity index (χ1n) is 7.63. The number of carbonyl (C=O) groups is 1. The molecule has 2 heterocycles. The van der Waals surface area contributed by atoms with E-state index in [9.17, 15) is 4.79 Å². The van der Waals surface area contributed by atoms with Gasteiger partial charge in [-0.05, 0) is 30.2 Å². The molecule has 0 aliphatic heterocycles. The lowest BCUT2D eigenvalue weighted by Crippen LogP contribution is -2.26. The Morgan fingerprint density at radius 1 is 1.21 bits per heavy atom. The average molecular weight is 325 g/mol. The largest absolute Gasteiger partial charge is 0.497 e. The predicted octanol–water partition coefficient (Wildman–Crippen LogP) is 2.32. The number of hydrogen-bond donors (Lipinski definition) is 1. The highest BCUT2D eigenvalue weighted by Gasteiger charge is 2.11. The highest BCUT2D eigenvalue weighted by molar-refractivity contribution is 5.99. The third-order valence-electron chi connectivity index (χ3n) is 3.84. The van der Waals surface area contributed by atoms with Crippen LogP contribution in [0.5, 0.6) is 11.5 Å². The van der Waals surface area contributed by atoms with Crippen LogP contribution in [0, 0.1) is 0 Å². The van der Waals surface area contributed by atoms with Gasteiger partial charge in [0.15, 0.2) is 0 Å². The van der Waals surface area contributed by atoms with Gasteiger partial charge in [0.05, 0.1) is 19.8 Å². The summed E-state index contributed by atoms with van der Waals surface area (Å²) in [5, 5.41) is 2.93. The molecule has 2 aromatic heterocycles. The number of aromatic nitrogens is 2. The van der Waals surface area contributed by atoms with Crippen LogP contribution in [-0.4, -0.2) is 36.1 Å². The summed E-state index contributed by atoms with van der Waals surface area (Å²) >= 11 is 0. The summed E-state index contributed by atoms with van der Waals surface area (Å²) in [4.78, 5) is 16.6. The number of imidazole rings is 1. The lowest BCUT2D eigenvalue weighted by atomic mass is 10.1. The van der Waals surface area contributed by atoms with E-state index in [1.54, 1.807) is 26.5 Å². The van der Waals surface area contributed by atoms with Gasteiger partial charge in [0.1, 0.15) is 17.1 Å². The molecule has 0 aliphatic carbocycles. The van der Waals surface area contributed by atoms with E-state index < -0.39 is 0 Å². The van der Waals surface area contributed by atoms with Gasteiger partial charge in [-0.1, -0.05) is 6.07 Å². The lowest BCUT2D eigenvalue weighted by molar-refractivity contribution is 0.0955. The van der Waals surface area contributed by atoms with Crippen LogP contribution in [-0.2, 0) is 6.42 Å². The van der Waals surface area contributed by atoms with Gasteiger partial charge in [0.2, 0.25) is 0 Å². The lowest BCUT2D eigenvalue weighted by Gasteiger charge is -2.11. The van der Waals surface area contributed by atoms with E-state index in [4.69, 9.17) is 9.47 Å². The van der Waals surface area contributed by atoms with Crippen LogP contribution in [0.2, 0.25) is 0 Å². The number of nitrogens with zero attached hydrogens (tertiary/aromatic N) is 2. The molecule has 6 nitrogen and oxygen atoms in total. The number of rotatable bonds is 6. The van der Waals surface area contributed by atoms with Crippen molar-refractivity contribution < 1.29 is 14.3 Å². The summed E-state index contributed by atoms with van der Waals surface area (Å²) in [5.41, 5.74) is 2.22. The van der Waals surface area contributed by atoms with Crippen molar-refractivity contribution in [1.29, 1.82) is 0 Å². The summed E-state index contributed by atoms with van der Waals surface area (Å²) in [6.07, 6.45) is 6.01. The fraction of sp³-hybridized carbons (Fsp3) is 0.222. The van der Waals surface area contributed by atoms with Crippen LogP contribution in [0.4, 0.5) is 0 Å². The van der Waals surface area contributed by atoms with Gasteiger partial charge in [0, 0.05) is 31.2 Å². The SMILES string of the molecule is COc1ccc(CCNC(=O)c2cccn3ccnc23)c(OC)c1. The van der Waals surface area contributed by atoms with Crippen LogP contribution < -0.4 is 14.8 Å². The van der Waals surface area contributed by atoms with Gasteiger partial charge < -0.3 is 19.2 Å². The molecule has 0 aliphatic rings. The number of pyridine rings is 1. The maximum absolute atomic E-state index is 12.4. The molecule has 0 saturated carbocycles. The van der Waals surface area contributed by atoms with Crippen LogP contribution in [0.3, 0.4) is 0 Å². The minimum absolute atomic E-state index is 0.140. The second-order valence-corrected chi connectivity index (χ2v) is 5.26. The molecule has 0 radical (unpaired) electrons. The van der Waals surface area contributed by atoms with E-state index in [0.29, 0.717) is 24.2 Å². The van der Waals surface area contributed by atoms with Crippen LogP contribution in [0.1, 0.15) is 15.9 Å². The predicted molar refractivity (Wildman–Crippen MR) is 90.8 cm³/mol. The Bertz CT molecular complexity index is 858. The standard InChI is InChI=1S/C18H19N3O3/c1-23-14-6-5-13(16(12-14)24-2)7-8-20-18(22)15-4-3-10-21-11-9-19-17(15)21/h3-6,9-12H,7-8H2,1-2H3,(H,20,22). The third kappa shape index (κ3) is 3.17. The van der Waals surface area contributed by atoms with Gasteiger partial charge >= 0.3 is 0 Å². The van der Waals surface area contributed by atoms with E-state index in [2.05, 4.69) is 10.3 Å². The molecule has 3 rings (SSSR count). The number of benzene rings is 1. The van der Waals surface area contributed by atoms with E-state index in [-0.39, 0.29) is 5.91 Å². The van der Waals surface area contributed by atoms with Crippen molar-refractivity contribution in [2.24, 2.45) is 0 Å². The summed E-state index contributed by atoms with van der Waals surface area (Å²) < 4.78 is 12.4. The minimum atomic E-state index is -0.140. The molecule has 1 aromatic carbocycles. The molecule has 0 bridgehead atoms. The van der Waals surface area contributed by atoms with Gasteiger partial charge in [-0.2, -0.15) is 0 Å². The molecule has 24 heavy (non-hydrogen) atoms. The van der Waals surface area contributed by atoms with Crippen molar-refractivity contribution in [2.75, 3.05) is 20.8 Å². The van der Waals surface area contributed by atoms with E-state index in [0.717, 1.165) is 17.1 Å². The van der Waals surface area contributed by atoms with Crippen molar-refractivity contribution >= 4 is 11.6 Å². The van der Waals surface area contributed by atoms with Crippen molar-refractivity contribution in [3.63, 3.8) is 0 Å². The van der Waals surface area contributed by atoms with Crippen molar-refractivity contribution in [3.05, 3.63) is 60.0 Å². The monoisotopic (exact) mass is 325 g/mol. The molecule has 0 unspecified atom stereocenters. The number of methoxy groups -OCH3 is 2. The molecule has 1 amide bonds. The number of nitrogens with one attached hydrogen (secondary N) is 1. The second-order valence-electron chi connectivity index (χ2n) is 5.26. The Balaban J connectivity index is 1.66. The van der Waals surface area contributed by atoms with E-state index in [1.165, 1.54) is 0 Å². The Hall–Kier alpha value is -3.02. The van der Waals surface area contributed by atoms with Gasteiger partial charge in [-0.15, -0.1) is 0 Å². The highest BCUT2D eigenvalue weighted by atomic mass is 16.5. The first-order valence-corrected chi connectivity index (χ1v) is 7.63. The normalized spacial score (nSPS) is 10.6. The molecule has 3 aromatic rings. The Kier molecular flexibility index (Phi) is 4.65. The number of carbonyl (C=O) groups excluding carboxylic acids is 1. The quantitative estimate of drug-likeness (QED) is 0.755. The minimum Gasteiger partial charge on any atom is -0.497 e. The van der Waals surface area contributed by atoms with Crippen LogP contribution in [0.25, 0.3) is 5.65 Å². The van der Waals surface area contributed by atoms with Gasteiger partial charge in [0.25, 0.3) is 5.91 Å². The Labute approximate surface area is 140 Å². The zero-order chi connectivity index (χ0) is 16.9.